The lowest BCUT2D eigenvalue weighted by Crippen LogP contribution is -2.21. The summed E-state index contributed by atoms with van der Waals surface area (Å²) in [6.07, 6.45) is 0.237. The predicted molar refractivity (Wildman–Crippen MR) is 113 cm³/mol. The molecule has 0 aliphatic rings. The molecule has 0 heterocycles. The van der Waals surface area contributed by atoms with Gasteiger partial charge in [0.2, 0.25) is 0 Å². The molecule has 0 fully saturated rings. The smallest absolute Gasteiger partial charge is 0.411 e. The molecule has 148 valence electrons. The van der Waals surface area contributed by atoms with Crippen LogP contribution in [0.25, 0.3) is 0 Å². The molecule has 3 N–H and O–H groups in total. The number of hydrogen-bond acceptors (Lipinski definition) is 4. The van der Waals surface area contributed by atoms with Crippen molar-refractivity contribution in [2.45, 2.75) is 27.2 Å². The first-order chi connectivity index (χ1) is 13.4. The molecular weight excluding hydrogens is 352 g/mol. The lowest BCUT2D eigenvalue weighted by molar-refractivity contribution is 0.131. The largest absolute Gasteiger partial charge is 0.447 e. The van der Waals surface area contributed by atoms with E-state index in [1.54, 1.807) is 0 Å². The van der Waals surface area contributed by atoms with Crippen molar-refractivity contribution in [2.75, 3.05) is 30.4 Å². The molecule has 0 aliphatic carbocycles. The molecule has 0 saturated heterocycles. The molecule has 1 amide bonds. The lowest BCUT2D eigenvalue weighted by Gasteiger charge is -2.19. The predicted octanol–water partition coefficient (Wildman–Crippen LogP) is 4.28. The van der Waals surface area contributed by atoms with E-state index in [1.165, 1.54) is 5.56 Å². The van der Waals surface area contributed by atoms with E-state index in [2.05, 4.69) is 60.6 Å². The maximum absolute atomic E-state index is 11.5. The van der Waals surface area contributed by atoms with E-state index in [-0.39, 0.29) is 18.6 Å². The summed E-state index contributed by atoms with van der Waals surface area (Å²) in [7, 11) is 0. The van der Waals surface area contributed by atoms with Gasteiger partial charge in [-0.3, -0.25) is 5.32 Å². The minimum Gasteiger partial charge on any atom is -0.447 e. The van der Waals surface area contributed by atoms with Gasteiger partial charge in [-0.25, -0.2) is 4.79 Å². The van der Waals surface area contributed by atoms with Gasteiger partial charge < -0.3 is 15.2 Å². The maximum atomic E-state index is 11.5. The Morgan fingerprint density at radius 2 is 1.61 bits per heavy atom. The molecule has 0 radical (unpaired) electrons. The Labute approximate surface area is 167 Å². The molecule has 5 heteroatoms. The molecule has 0 bridgehead atoms. The third-order valence-corrected chi connectivity index (χ3v) is 4.08. The summed E-state index contributed by atoms with van der Waals surface area (Å²) in [6, 6.07) is 16.0. The summed E-state index contributed by atoms with van der Waals surface area (Å²) in [4.78, 5) is 11.5. The normalized spacial score (nSPS) is 10.6. The first kappa shape index (κ1) is 21.3. The highest BCUT2D eigenvalue weighted by Gasteiger charge is 2.13. The number of benzene rings is 2. The van der Waals surface area contributed by atoms with Crippen LogP contribution in [-0.2, 0) is 11.2 Å². The van der Waals surface area contributed by atoms with E-state index in [0.717, 1.165) is 24.2 Å². The van der Waals surface area contributed by atoms with Crippen molar-refractivity contribution in [1.82, 2.24) is 0 Å². The maximum Gasteiger partial charge on any atom is 0.411 e. The van der Waals surface area contributed by atoms with Crippen LogP contribution >= 0.6 is 0 Å². The lowest BCUT2D eigenvalue weighted by atomic mass is 9.94. The van der Waals surface area contributed by atoms with Crippen molar-refractivity contribution in [3.05, 3.63) is 59.7 Å². The number of aliphatic hydroxyl groups is 1. The van der Waals surface area contributed by atoms with Gasteiger partial charge in [-0.05, 0) is 62.6 Å². The highest BCUT2D eigenvalue weighted by atomic mass is 16.6. The van der Waals surface area contributed by atoms with Crippen molar-refractivity contribution < 1.29 is 14.6 Å². The van der Waals surface area contributed by atoms with Crippen LogP contribution in [0, 0.1) is 17.3 Å². The summed E-state index contributed by atoms with van der Waals surface area (Å²) in [5.74, 6) is 6.18. The molecule has 0 aliphatic heterocycles. The molecule has 0 atom stereocenters. The molecule has 0 saturated carbocycles. The fourth-order valence-corrected chi connectivity index (χ4v) is 2.68. The van der Waals surface area contributed by atoms with Gasteiger partial charge in [0.1, 0.15) is 6.61 Å². The van der Waals surface area contributed by atoms with Gasteiger partial charge in [0.15, 0.2) is 0 Å². The number of carbonyl (C=O) groups is 1. The molecule has 2 rings (SSSR count). The summed E-state index contributed by atoms with van der Waals surface area (Å²) in [5.41, 5.74) is 4.03. The van der Waals surface area contributed by atoms with Crippen LogP contribution in [0.2, 0.25) is 0 Å². The Bertz CT molecular complexity index is 816. The van der Waals surface area contributed by atoms with Crippen LogP contribution in [0.4, 0.5) is 16.2 Å². The molecule has 0 spiro atoms. The van der Waals surface area contributed by atoms with Gasteiger partial charge in [-0.15, -0.1) is 5.92 Å². The van der Waals surface area contributed by atoms with Crippen LogP contribution in [0.3, 0.4) is 0 Å². The summed E-state index contributed by atoms with van der Waals surface area (Å²) in [5, 5.41) is 14.7. The van der Waals surface area contributed by atoms with Crippen molar-refractivity contribution in [2.24, 2.45) is 5.41 Å². The second-order valence-corrected chi connectivity index (χ2v) is 7.17. The fourth-order valence-electron chi connectivity index (χ4n) is 2.68. The Hall–Kier alpha value is -2.97. The molecule has 28 heavy (non-hydrogen) atoms. The Balaban J connectivity index is 1.88. The van der Waals surface area contributed by atoms with E-state index >= 15 is 0 Å². The number of aliphatic hydroxyl groups excluding tert-OH is 1. The number of hydrogen-bond donors (Lipinski definition) is 3. The topological polar surface area (TPSA) is 70.6 Å². The van der Waals surface area contributed by atoms with E-state index in [4.69, 9.17) is 9.84 Å². The van der Waals surface area contributed by atoms with Gasteiger partial charge in [0, 0.05) is 23.3 Å². The van der Waals surface area contributed by atoms with Gasteiger partial charge in [-0.2, -0.15) is 0 Å². The van der Waals surface area contributed by atoms with E-state index in [9.17, 15) is 4.79 Å². The first-order valence-electron chi connectivity index (χ1n) is 9.32. The third-order valence-electron chi connectivity index (χ3n) is 4.08. The molecule has 0 aromatic heterocycles. The van der Waals surface area contributed by atoms with Crippen molar-refractivity contribution in [3.8, 4) is 11.8 Å². The first-order valence-corrected chi connectivity index (χ1v) is 9.32. The molecular formula is C23H28N2O3. The average molecular weight is 380 g/mol. The van der Waals surface area contributed by atoms with E-state index in [1.807, 2.05) is 31.2 Å². The zero-order valence-electron chi connectivity index (χ0n) is 16.7. The van der Waals surface area contributed by atoms with Crippen LogP contribution in [-0.4, -0.2) is 31.0 Å². The average Bonchev–Trinajstić information content (AvgIpc) is 2.67. The number of rotatable bonds is 8. The number of nitrogens with one attached hydrogen (secondary N) is 2. The van der Waals surface area contributed by atoms with Crippen molar-refractivity contribution >= 4 is 17.5 Å². The highest BCUT2D eigenvalue weighted by molar-refractivity contribution is 5.84. The van der Waals surface area contributed by atoms with Crippen molar-refractivity contribution in [1.29, 1.82) is 0 Å². The van der Waals surface area contributed by atoms with Crippen LogP contribution in [0.1, 0.15) is 31.9 Å². The van der Waals surface area contributed by atoms with Gasteiger partial charge in [0.05, 0.1) is 6.61 Å². The molecule has 5 nitrogen and oxygen atoms in total. The molecule has 2 aromatic carbocycles. The van der Waals surface area contributed by atoms with Crippen LogP contribution in [0.15, 0.2) is 48.5 Å². The van der Waals surface area contributed by atoms with Crippen LogP contribution in [0.5, 0.6) is 0 Å². The number of anilines is 2. The standard InChI is InChI=1S/C23H28N2O3/c1-4-13-23(2,3)17-24-20-9-5-18(6-10-20)16-19-7-11-21(12-8-19)25-22(27)28-15-14-26/h5-12,24,26H,14-17H2,1-3H3,(H,25,27). The minimum atomic E-state index is -0.571. The summed E-state index contributed by atoms with van der Waals surface area (Å²) < 4.78 is 4.77. The van der Waals surface area contributed by atoms with Gasteiger partial charge >= 0.3 is 6.09 Å². The highest BCUT2D eigenvalue weighted by Crippen LogP contribution is 2.18. The van der Waals surface area contributed by atoms with Gasteiger partial charge in [-0.1, -0.05) is 30.2 Å². The van der Waals surface area contributed by atoms with E-state index < -0.39 is 6.09 Å². The number of ether oxygens (including phenoxy) is 1. The second kappa shape index (κ2) is 10.4. The number of carbonyl (C=O) groups excluding carboxylic acids is 1. The Morgan fingerprint density at radius 1 is 1.04 bits per heavy atom. The quantitative estimate of drug-likeness (QED) is 0.598. The minimum absolute atomic E-state index is 0.0156. The zero-order valence-corrected chi connectivity index (χ0v) is 16.7. The monoisotopic (exact) mass is 380 g/mol. The van der Waals surface area contributed by atoms with E-state index in [0.29, 0.717) is 5.69 Å². The van der Waals surface area contributed by atoms with Crippen molar-refractivity contribution in [3.63, 3.8) is 0 Å². The zero-order chi connectivity index (χ0) is 20.4. The van der Waals surface area contributed by atoms with Crippen LogP contribution < -0.4 is 10.6 Å². The Kier molecular flexibility index (Phi) is 7.91. The molecule has 0 unspecified atom stereocenters. The SMILES string of the molecule is CC#CC(C)(C)CNc1ccc(Cc2ccc(NC(=O)OCCO)cc2)cc1. The second-order valence-electron chi connectivity index (χ2n) is 7.17. The summed E-state index contributed by atoms with van der Waals surface area (Å²) in [6.45, 7) is 6.69. The van der Waals surface area contributed by atoms with Gasteiger partial charge in [0.25, 0.3) is 0 Å². The third kappa shape index (κ3) is 7.34. The molecule has 2 aromatic rings. The fraction of sp³-hybridized carbons (Fsp3) is 0.348. The summed E-state index contributed by atoms with van der Waals surface area (Å²) >= 11 is 0. The Morgan fingerprint density at radius 3 is 2.14 bits per heavy atom. The number of amides is 1.